The minimum absolute atomic E-state index is 0.105. The summed E-state index contributed by atoms with van der Waals surface area (Å²) in [6.07, 6.45) is 0. The van der Waals surface area contributed by atoms with Crippen LogP contribution in [0.2, 0.25) is 0 Å². The highest BCUT2D eigenvalue weighted by atomic mass is 16.6. The number of nitro groups is 1. The molecule has 0 aliphatic carbocycles. The Hall–Kier alpha value is -2.83. The minimum Gasteiger partial charge on any atom is -0.502 e. The predicted octanol–water partition coefficient (Wildman–Crippen LogP) is 2.45. The average Bonchev–Trinajstić information content (AvgIpc) is 2.78. The van der Waals surface area contributed by atoms with E-state index < -0.39 is 22.3 Å². The lowest BCUT2D eigenvalue weighted by Crippen LogP contribution is -2.10. The van der Waals surface area contributed by atoms with Crippen LogP contribution in [-0.2, 0) is 0 Å². The Bertz CT molecular complexity index is 647. The highest BCUT2D eigenvalue weighted by molar-refractivity contribution is 6.02. The van der Waals surface area contributed by atoms with Gasteiger partial charge in [0.2, 0.25) is 0 Å². The molecule has 0 saturated carbocycles. The Morgan fingerprint density at radius 1 is 1.37 bits per heavy atom. The standard InChI is InChI=1S/C12H10N2O5/c1-7-2-5-11(19-7)12(16)13-8-3-4-10(15)9(6-8)14(17)18/h2-6,15H,1H3,(H,13,16). The summed E-state index contributed by atoms with van der Waals surface area (Å²) in [5.74, 6) is -0.292. The number of anilines is 1. The molecule has 7 nitrogen and oxygen atoms in total. The zero-order valence-corrected chi connectivity index (χ0v) is 9.91. The molecule has 1 heterocycles. The lowest BCUT2D eigenvalue weighted by molar-refractivity contribution is -0.385. The molecule has 2 aromatic rings. The minimum atomic E-state index is -0.734. The quantitative estimate of drug-likeness (QED) is 0.502. The molecule has 98 valence electrons. The molecular weight excluding hydrogens is 252 g/mol. The molecule has 0 bridgehead atoms. The molecule has 0 aliphatic heterocycles. The fourth-order valence-electron chi connectivity index (χ4n) is 1.50. The van der Waals surface area contributed by atoms with Gasteiger partial charge in [-0.05, 0) is 31.2 Å². The molecular formula is C12H10N2O5. The topological polar surface area (TPSA) is 106 Å². The van der Waals surface area contributed by atoms with Crippen molar-refractivity contribution in [3.05, 3.63) is 52.0 Å². The van der Waals surface area contributed by atoms with E-state index in [1.807, 2.05) is 0 Å². The monoisotopic (exact) mass is 262 g/mol. The highest BCUT2D eigenvalue weighted by Gasteiger charge is 2.16. The normalized spacial score (nSPS) is 10.2. The Kier molecular flexibility index (Phi) is 3.19. The number of furan rings is 1. The molecule has 1 aromatic heterocycles. The van der Waals surface area contributed by atoms with Crippen LogP contribution in [0, 0.1) is 17.0 Å². The van der Waals surface area contributed by atoms with Gasteiger partial charge in [0.05, 0.1) is 4.92 Å². The molecule has 0 saturated heterocycles. The molecule has 7 heteroatoms. The predicted molar refractivity (Wildman–Crippen MR) is 66.2 cm³/mol. The first-order chi connectivity index (χ1) is 8.97. The maximum Gasteiger partial charge on any atom is 0.312 e. The van der Waals surface area contributed by atoms with Crippen molar-refractivity contribution >= 4 is 17.3 Å². The van der Waals surface area contributed by atoms with Gasteiger partial charge in [0.15, 0.2) is 11.5 Å². The van der Waals surface area contributed by atoms with Crippen molar-refractivity contribution in [3.63, 3.8) is 0 Å². The number of nitro benzene ring substituents is 1. The van der Waals surface area contributed by atoms with Gasteiger partial charge in [0, 0.05) is 11.8 Å². The number of benzene rings is 1. The number of hydrogen-bond donors (Lipinski definition) is 2. The first-order valence-corrected chi connectivity index (χ1v) is 5.32. The van der Waals surface area contributed by atoms with Gasteiger partial charge in [-0.2, -0.15) is 0 Å². The van der Waals surface area contributed by atoms with Crippen LogP contribution in [0.25, 0.3) is 0 Å². The zero-order valence-electron chi connectivity index (χ0n) is 9.91. The van der Waals surface area contributed by atoms with Gasteiger partial charge < -0.3 is 14.8 Å². The zero-order chi connectivity index (χ0) is 14.0. The first kappa shape index (κ1) is 12.6. The number of aryl methyl sites for hydroxylation is 1. The van der Waals surface area contributed by atoms with E-state index in [0.717, 1.165) is 12.1 Å². The van der Waals surface area contributed by atoms with Crippen LogP contribution >= 0.6 is 0 Å². The van der Waals surface area contributed by atoms with Crippen LogP contribution in [0.3, 0.4) is 0 Å². The average molecular weight is 262 g/mol. The van der Waals surface area contributed by atoms with E-state index in [-0.39, 0.29) is 11.4 Å². The molecule has 0 radical (unpaired) electrons. The molecule has 2 N–H and O–H groups in total. The van der Waals surface area contributed by atoms with Crippen molar-refractivity contribution < 1.29 is 19.2 Å². The number of phenols is 1. The van der Waals surface area contributed by atoms with Crippen LogP contribution < -0.4 is 5.32 Å². The molecule has 0 aliphatic rings. The third kappa shape index (κ3) is 2.71. The number of amides is 1. The largest absolute Gasteiger partial charge is 0.502 e. The molecule has 0 spiro atoms. The van der Waals surface area contributed by atoms with Gasteiger partial charge in [-0.3, -0.25) is 14.9 Å². The van der Waals surface area contributed by atoms with Crippen molar-refractivity contribution in [2.75, 3.05) is 5.32 Å². The Balaban J connectivity index is 2.22. The summed E-state index contributed by atoms with van der Waals surface area (Å²) in [7, 11) is 0. The van der Waals surface area contributed by atoms with Crippen molar-refractivity contribution in [1.29, 1.82) is 0 Å². The smallest absolute Gasteiger partial charge is 0.312 e. The number of hydrogen-bond acceptors (Lipinski definition) is 5. The number of nitrogens with zero attached hydrogens (tertiary/aromatic N) is 1. The van der Waals surface area contributed by atoms with Crippen LogP contribution in [-0.4, -0.2) is 15.9 Å². The maximum atomic E-state index is 11.8. The van der Waals surface area contributed by atoms with Crippen LogP contribution in [0.1, 0.15) is 16.3 Å². The van der Waals surface area contributed by atoms with E-state index in [1.54, 1.807) is 13.0 Å². The van der Waals surface area contributed by atoms with Crippen molar-refractivity contribution in [2.45, 2.75) is 6.92 Å². The summed E-state index contributed by atoms with van der Waals surface area (Å²) in [6.45, 7) is 1.70. The van der Waals surface area contributed by atoms with Gasteiger partial charge >= 0.3 is 5.69 Å². The molecule has 1 aromatic carbocycles. The van der Waals surface area contributed by atoms with Crippen LogP contribution in [0.4, 0.5) is 11.4 Å². The summed E-state index contributed by atoms with van der Waals surface area (Å²) in [6, 6.07) is 6.70. The van der Waals surface area contributed by atoms with Gasteiger partial charge in [-0.15, -0.1) is 0 Å². The Morgan fingerprint density at radius 2 is 2.11 bits per heavy atom. The van der Waals surface area contributed by atoms with Crippen molar-refractivity contribution in [1.82, 2.24) is 0 Å². The second-order valence-electron chi connectivity index (χ2n) is 3.83. The number of phenolic OH excluding ortho intramolecular Hbond substituents is 1. The fraction of sp³-hybridized carbons (Fsp3) is 0.0833. The fourth-order valence-corrected chi connectivity index (χ4v) is 1.50. The lowest BCUT2D eigenvalue weighted by Gasteiger charge is -2.03. The second-order valence-corrected chi connectivity index (χ2v) is 3.83. The summed E-state index contributed by atoms with van der Waals surface area (Å²) in [5.41, 5.74) is -0.281. The van der Waals surface area contributed by atoms with E-state index in [4.69, 9.17) is 4.42 Å². The van der Waals surface area contributed by atoms with Gasteiger partial charge in [0.1, 0.15) is 5.76 Å². The van der Waals surface area contributed by atoms with Crippen molar-refractivity contribution in [2.24, 2.45) is 0 Å². The van der Waals surface area contributed by atoms with Crippen LogP contribution in [0.15, 0.2) is 34.7 Å². The van der Waals surface area contributed by atoms with E-state index in [1.165, 1.54) is 12.1 Å². The molecule has 2 rings (SSSR count). The molecule has 1 amide bonds. The maximum absolute atomic E-state index is 11.8. The van der Waals surface area contributed by atoms with E-state index in [0.29, 0.717) is 5.76 Å². The highest BCUT2D eigenvalue weighted by Crippen LogP contribution is 2.28. The number of carbonyl (C=O) groups is 1. The molecule has 19 heavy (non-hydrogen) atoms. The van der Waals surface area contributed by atoms with Crippen LogP contribution in [0.5, 0.6) is 5.75 Å². The van der Waals surface area contributed by atoms with Gasteiger partial charge in [0.25, 0.3) is 5.91 Å². The summed E-state index contributed by atoms with van der Waals surface area (Å²) in [5, 5.41) is 22.4. The Labute approximate surface area is 107 Å². The number of aromatic hydroxyl groups is 1. The first-order valence-electron chi connectivity index (χ1n) is 5.32. The number of rotatable bonds is 3. The van der Waals surface area contributed by atoms with E-state index in [9.17, 15) is 20.0 Å². The van der Waals surface area contributed by atoms with Gasteiger partial charge in [-0.25, -0.2) is 0 Å². The van der Waals surface area contributed by atoms with Crippen molar-refractivity contribution in [3.8, 4) is 5.75 Å². The lowest BCUT2D eigenvalue weighted by atomic mass is 10.2. The molecule has 0 unspecified atom stereocenters. The summed E-state index contributed by atoms with van der Waals surface area (Å²) >= 11 is 0. The SMILES string of the molecule is Cc1ccc(C(=O)Nc2ccc(O)c([N+](=O)[O-])c2)o1. The second kappa shape index (κ2) is 4.81. The van der Waals surface area contributed by atoms with Gasteiger partial charge in [-0.1, -0.05) is 0 Å². The summed E-state index contributed by atoms with van der Waals surface area (Å²) < 4.78 is 5.12. The third-order valence-corrected chi connectivity index (χ3v) is 2.39. The third-order valence-electron chi connectivity index (χ3n) is 2.39. The molecule has 0 atom stereocenters. The molecule has 0 fully saturated rings. The number of nitrogens with one attached hydrogen (secondary N) is 1. The Morgan fingerprint density at radius 3 is 2.68 bits per heavy atom. The van der Waals surface area contributed by atoms with E-state index >= 15 is 0 Å². The summed E-state index contributed by atoms with van der Waals surface area (Å²) in [4.78, 5) is 21.7. The number of carbonyl (C=O) groups excluding carboxylic acids is 1. The van der Waals surface area contributed by atoms with E-state index in [2.05, 4.69) is 5.32 Å².